The quantitative estimate of drug-likeness (QED) is 0.898. The smallest absolute Gasteiger partial charge is 0.226 e. The number of imidazole rings is 1. The van der Waals surface area contributed by atoms with Gasteiger partial charge in [0.2, 0.25) is 15.0 Å². The summed E-state index contributed by atoms with van der Waals surface area (Å²) in [5.74, 6) is 0.364. The van der Waals surface area contributed by atoms with Crippen molar-refractivity contribution in [3.8, 4) is 0 Å². The Kier molecular flexibility index (Phi) is 4.13. The number of aromatic amines is 1. The van der Waals surface area contributed by atoms with Crippen LogP contribution in [-0.2, 0) is 9.84 Å². The van der Waals surface area contributed by atoms with Gasteiger partial charge in [-0.25, -0.2) is 13.4 Å². The molecule has 1 aliphatic heterocycles. The molecule has 1 fully saturated rings. The average Bonchev–Trinajstić information content (AvgIpc) is 2.96. The zero-order valence-electron chi connectivity index (χ0n) is 10.3. The van der Waals surface area contributed by atoms with Gasteiger partial charge in [0.05, 0.1) is 16.8 Å². The van der Waals surface area contributed by atoms with E-state index in [1.807, 2.05) is 24.3 Å². The molecule has 2 heterocycles. The van der Waals surface area contributed by atoms with Gasteiger partial charge >= 0.3 is 0 Å². The average molecular weight is 302 g/mol. The number of hydrogen-bond acceptors (Lipinski definition) is 4. The van der Waals surface area contributed by atoms with Crippen LogP contribution in [0.5, 0.6) is 0 Å². The van der Waals surface area contributed by atoms with Crippen molar-refractivity contribution in [2.24, 2.45) is 5.92 Å². The summed E-state index contributed by atoms with van der Waals surface area (Å²) < 4.78 is 24.5. The van der Waals surface area contributed by atoms with Crippen molar-refractivity contribution < 1.29 is 8.42 Å². The number of benzene rings is 1. The van der Waals surface area contributed by atoms with Crippen molar-refractivity contribution in [1.82, 2.24) is 15.3 Å². The van der Waals surface area contributed by atoms with Crippen molar-refractivity contribution >= 4 is 33.3 Å². The fourth-order valence-electron chi connectivity index (χ4n) is 2.32. The van der Waals surface area contributed by atoms with Gasteiger partial charge in [0.1, 0.15) is 0 Å². The van der Waals surface area contributed by atoms with Crippen molar-refractivity contribution in [2.45, 2.75) is 11.6 Å². The van der Waals surface area contributed by atoms with E-state index in [0.717, 1.165) is 25.0 Å². The number of hydrogen-bond donors (Lipinski definition) is 2. The van der Waals surface area contributed by atoms with Crippen LogP contribution < -0.4 is 5.32 Å². The van der Waals surface area contributed by atoms with E-state index >= 15 is 0 Å². The molecule has 0 spiro atoms. The minimum Gasteiger partial charge on any atom is -0.329 e. The van der Waals surface area contributed by atoms with E-state index in [1.165, 1.54) is 0 Å². The molecule has 1 atom stereocenters. The van der Waals surface area contributed by atoms with Crippen LogP contribution >= 0.6 is 12.4 Å². The normalized spacial score (nSPS) is 19.5. The Morgan fingerprint density at radius 2 is 2.11 bits per heavy atom. The highest BCUT2D eigenvalue weighted by molar-refractivity contribution is 7.91. The lowest BCUT2D eigenvalue weighted by atomic mass is 10.2. The lowest BCUT2D eigenvalue weighted by Crippen LogP contribution is -2.19. The monoisotopic (exact) mass is 301 g/mol. The molecule has 0 radical (unpaired) electrons. The Bertz CT molecular complexity index is 629. The molecular formula is C12H16ClN3O2S. The standard InChI is InChI=1S/C12H15N3O2S.ClH/c16-18(17,8-9-5-6-13-7-9)12-14-10-3-1-2-4-11(10)15-12;/h1-4,9,13H,5-8H2,(H,14,15);1H. The van der Waals surface area contributed by atoms with Gasteiger partial charge < -0.3 is 10.3 Å². The molecule has 0 saturated carbocycles. The van der Waals surface area contributed by atoms with Crippen molar-refractivity contribution in [1.29, 1.82) is 0 Å². The van der Waals surface area contributed by atoms with E-state index in [9.17, 15) is 8.42 Å². The Morgan fingerprint density at radius 1 is 1.32 bits per heavy atom. The number of fused-ring (bicyclic) bond motifs is 1. The molecule has 1 unspecified atom stereocenters. The molecule has 1 aromatic carbocycles. The zero-order chi connectivity index (χ0) is 12.6. The lowest BCUT2D eigenvalue weighted by Gasteiger charge is -2.06. The first-order valence-electron chi connectivity index (χ1n) is 6.03. The number of para-hydroxylation sites is 2. The number of rotatable bonds is 3. The second-order valence-electron chi connectivity index (χ2n) is 4.70. The molecule has 0 aliphatic carbocycles. The van der Waals surface area contributed by atoms with Crippen LogP contribution in [0.15, 0.2) is 29.4 Å². The first-order valence-corrected chi connectivity index (χ1v) is 7.68. The van der Waals surface area contributed by atoms with E-state index < -0.39 is 9.84 Å². The molecule has 1 aromatic heterocycles. The zero-order valence-corrected chi connectivity index (χ0v) is 11.9. The van der Waals surface area contributed by atoms with Crippen molar-refractivity contribution in [2.75, 3.05) is 18.8 Å². The third-order valence-corrected chi connectivity index (χ3v) is 4.97. The number of H-pyrrole nitrogens is 1. The molecule has 19 heavy (non-hydrogen) atoms. The van der Waals surface area contributed by atoms with Crippen LogP contribution in [-0.4, -0.2) is 37.2 Å². The largest absolute Gasteiger partial charge is 0.329 e. The van der Waals surface area contributed by atoms with Gasteiger partial charge in [-0.1, -0.05) is 12.1 Å². The highest BCUT2D eigenvalue weighted by Gasteiger charge is 2.26. The fraction of sp³-hybridized carbons (Fsp3) is 0.417. The minimum atomic E-state index is -3.31. The summed E-state index contributed by atoms with van der Waals surface area (Å²) in [7, 11) is -3.31. The summed E-state index contributed by atoms with van der Waals surface area (Å²) in [4.78, 5) is 7.05. The summed E-state index contributed by atoms with van der Waals surface area (Å²) in [6, 6.07) is 7.35. The molecule has 7 heteroatoms. The van der Waals surface area contributed by atoms with Crippen LogP contribution in [0, 0.1) is 5.92 Å². The number of aromatic nitrogens is 2. The summed E-state index contributed by atoms with van der Waals surface area (Å²) in [6.07, 6.45) is 0.916. The second-order valence-corrected chi connectivity index (χ2v) is 6.65. The summed E-state index contributed by atoms with van der Waals surface area (Å²) in [5.41, 5.74) is 1.46. The van der Waals surface area contributed by atoms with E-state index in [2.05, 4.69) is 15.3 Å². The van der Waals surface area contributed by atoms with Gasteiger partial charge in [-0.05, 0) is 37.6 Å². The van der Waals surface area contributed by atoms with Crippen molar-refractivity contribution in [3.63, 3.8) is 0 Å². The summed E-state index contributed by atoms with van der Waals surface area (Å²) in [5, 5.41) is 3.27. The number of sulfone groups is 1. The van der Waals surface area contributed by atoms with Crippen LogP contribution in [0.2, 0.25) is 0 Å². The summed E-state index contributed by atoms with van der Waals surface area (Å²) >= 11 is 0. The molecular weight excluding hydrogens is 286 g/mol. The highest BCUT2D eigenvalue weighted by atomic mass is 35.5. The Balaban J connectivity index is 0.00000133. The maximum absolute atomic E-state index is 12.2. The SMILES string of the molecule is Cl.O=S(=O)(CC1CCNC1)c1nc2ccccc2[nH]1. The maximum atomic E-state index is 12.2. The first kappa shape index (κ1) is 14.3. The van der Waals surface area contributed by atoms with Gasteiger partial charge in [-0.2, -0.15) is 0 Å². The molecule has 1 aliphatic rings. The third kappa shape index (κ3) is 2.91. The minimum absolute atomic E-state index is 0. The lowest BCUT2D eigenvalue weighted by molar-refractivity contribution is 0.564. The predicted octanol–water partition coefficient (Wildman–Crippen LogP) is 1.37. The molecule has 0 amide bonds. The van der Waals surface area contributed by atoms with Crippen molar-refractivity contribution in [3.05, 3.63) is 24.3 Å². The van der Waals surface area contributed by atoms with Crippen LogP contribution in [0.4, 0.5) is 0 Å². The summed E-state index contributed by atoms with van der Waals surface area (Å²) in [6.45, 7) is 1.68. The molecule has 5 nitrogen and oxygen atoms in total. The van der Waals surface area contributed by atoms with E-state index in [1.54, 1.807) is 0 Å². The van der Waals surface area contributed by atoms with Crippen LogP contribution in [0.1, 0.15) is 6.42 Å². The molecule has 1 saturated heterocycles. The Hall–Kier alpha value is -1.11. The second kappa shape index (κ2) is 5.48. The molecule has 0 bridgehead atoms. The molecule has 104 valence electrons. The van der Waals surface area contributed by atoms with Crippen LogP contribution in [0.25, 0.3) is 11.0 Å². The van der Waals surface area contributed by atoms with Gasteiger partial charge in [0.25, 0.3) is 0 Å². The van der Waals surface area contributed by atoms with Crippen LogP contribution in [0.3, 0.4) is 0 Å². The molecule has 2 aromatic rings. The third-order valence-electron chi connectivity index (χ3n) is 3.28. The number of halogens is 1. The van der Waals surface area contributed by atoms with Gasteiger partial charge in [0, 0.05) is 0 Å². The Morgan fingerprint density at radius 3 is 2.79 bits per heavy atom. The van der Waals surface area contributed by atoms with E-state index in [-0.39, 0.29) is 29.2 Å². The molecule has 2 N–H and O–H groups in total. The number of nitrogens with one attached hydrogen (secondary N) is 2. The van der Waals surface area contributed by atoms with Gasteiger partial charge in [-0.15, -0.1) is 12.4 Å². The highest BCUT2D eigenvalue weighted by Crippen LogP contribution is 2.18. The fourth-order valence-corrected chi connectivity index (χ4v) is 3.89. The van der Waals surface area contributed by atoms with Gasteiger partial charge in [0.15, 0.2) is 0 Å². The van der Waals surface area contributed by atoms with E-state index in [0.29, 0.717) is 5.52 Å². The first-order chi connectivity index (χ1) is 8.65. The molecule has 3 rings (SSSR count). The van der Waals surface area contributed by atoms with Gasteiger partial charge in [-0.3, -0.25) is 0 Å². The predicted molar refractivity (Wildman–Crippen MR) is 76.4 cm³/mol. The maximum Gasteiger partial charge on any atom is 0.226 e. The van der Waals surface area contributed by atoms with E-state index in [4.69, 9.17) is 0 Å². The Labute approximate surface area is 118 Å². The number of nitrogens with zero attached hydrogens (tertiary/aromatic N) is 1. The topological polar surface area (TPSA) is 74.8 Å².